The van der Waals surface area contributed by atoms with Gasteiger partial charge in [-0.3, -0.25) is 10.1 Å². The molecule has 0 amide bonds. The van der Waals surface area contributed by atoms with E-state index >= 15 is 0 Å². The summed E-state index contributed by atoms with van der Waals surface area (Å²) in [6, 6.07) is 3.08. The fourth-order valence-electron chi connectivity index (χ4n) is 2.61. The molecule has 21 heavy (non-hydrogen) atoms. The van der Waals surface area contributed by atoms with Crippen LogP contribution in [0.25, 0.3) is 11.0 Å². The Bertz CT molecular complexity index is 628. The van der Waals surface area contributed by atoms with Gasteiger partial charge in [0, 0.05) is 12.6 Å². The highest BCUT2D eigenvalue weighted by Crippen LogP contribution is 2.29. The minimum Gasteiger partial charge on any atom is -0.383 e. The molecule has 0 aliphatic rings. The third kappa shape index (κ3) is 3.12. The van der Waals surface area contributed by atoms with Crippen molar-refractivity contribution in [2.45, 2.75) is 27.7 Å². The minimum atomic E-state index is -0.485. The van der Waals surface area contributed by atoms with Crippen LogP contribution in [0.2, 0.25) is 0 Å². The van der Waals surface area contributed by atoms with Crippen molar-refractivity contribution in [3.63, 3.8) is 0 Å². The van der Waals surface area contributed by atoms with Gasteiger partial charge in [0.15, 0.2) is 5.52 Å². The standard InChI is InChI=1S/C14H20N4O3/c1-8(2)10(9(3)4)7-15-11-5-6-12(18(19)20)14-13(11)16-21-17-14/h5-6,8-10,15H,7H2,1-4H3. The Hall–Kier alpha value is -2.18. The van der Waals surface area contributed by atoms with E-state index in [1.165, 1.54) is 6.07 Å². The lowest BCUT2D eigenvalue weighted by molar-refractivity contribution is -0.383. The van der Waals surface area contributed by atoms with Crippen LogP contribution in [0.1, 0.15) is 27.7 Å². The van der Waals surface area contributed by atoms with E-state index in [1.807, 2.05) is 0 Å². The zero-order valence-corrected chi connectivity index (χ0v) is 12.7. The molecule has 0 saturated carbocycles. The third-order valence-corrected chi connectivity index (χ3v) is 3.83. The number of benzene rings is 1. The second-order valence-corrected chi connectivity index (χ2v) is 5.88. The summed E-state index contributed by atoms with van der Waals surface area (Å²) in [5.41, 5.74) is 1.19. The smallest absolute Gasteiger partial charge is 0.300 e. The monoisotopic (exact) mass is 292 g/mol. The first-order valence-electron chi connectivity index (χ1n) is 7.05. The number of nitro benzene ring substituents is 1. The Morgan fingerprint density at radius 1 is 1.19 bits per heavy atom. The van der Waals surface area contributed by atoms with Gasteiger partial charge in [-0.25, -0.2) is 4.63 Å². The molecule has 0 bridgehead atoms. The Kier molecular flexibility index (Phi) is 4.40. The summed E-state index contributed by atoms with van der Waals surface area (Å²) < 4.78 is 4.65. The van der Waals surface area contributed by atoms with E-state index in [1.54, 1.807) is 6.07 Å². The maximum atomic E-state index is 10.9. The van der Waals surface area contributed by atoms with Crippen molar-refractivity contribution in [3.05, 3.63) is 22.2 Å². The normalized spacial score (nSPS) is 11.8. The van der Waals surface area contributed by atoms with Crippen LogP contribution < -0.4 is 5.32 Å². The molecule has 0 saturated heterocycles. The molecule has 1 aromatic heterocycles. The van der Waals surface area contributed by atoms with Crippen LogP contribution in [-0.2, 0) is 0 Å². The first kappa shape index (κ1) is 15.2. The van der Waals surface area contributed by atoms with E-state index in [9.17, 15) is 10.1 Å². The lowest BCUT2D eigenvalue weighted by Crippen LogP contribution is -2.24. The van der Waals surface area contributed by atoms with Gasteiger partial charge in [0.05, 0.1) is 10.6 Å². The SMILES string of the molecule is CC(C)C(CNc1ccc([N+](=O)[O-])c2nonc12)C(C)C. The number of non-ortho nitro benzene ring substituents is 1. The highest BCUT2D eigenvalue weighted by Gasteiger charge is 2.21. The van der Waals surface area contributed by atoms with E-state index in [0.29, 0.717) is 29.0 Å². The van der Waals surface area contributed by atoms with Crippen LogP contribution >= 0.6 is 0 Å². The zero-order chi connectivity index (χ0) is 15.6. The largest absolute Gasteiger partial charge is 0.383 e. The summed E-state index contributed by atoms with van der Waals surface area (Å²) in [6.07, 6.45) is 0. The fraction of sp³-hybridized carbons (Fsp3) is 0.571. The van der Waals surface area contributed by atoms with Gasteiger partial charge in [0.25, 0.3) is 0 Å². The number of hydrogen-bond donors (Lipinski definition) is 1. The number of fused-ring (bicyclic) bond motifs is 1. The van der Waals surface area contributed by atoms with E-state index < -0.39 is 4.92 Å². The Morgan fingerprint density at radius 3 is 2.38 bits per heavy atom. The predicted octanol–water partition coefficient (Wildman–Crippen LogP) is 3.47. The summed E-state index contributed by atoms with van der Waals surface area (Å²) in [5, 5.41) is 21.7. The summed E-state index contributed by atoms with van der Waals surface area (Å²) in [4.78, 5) is 10.5. The van der Waals surface area contributed by atoms with Crippen molar-refractivity contribution < 1.29 is 9.55 Å². The number of nitrogens with zero attached hydrogens (tertiary/aromatic N) is 3. The highest BCUT2D eigenvalue weighted by atomic mass is 16.6. The predicted molar refractivity (Wildman–Crippen MR) is 80.1 cm³/mol. The van der Waals surface area contributed by atoms with Gasteiger partial charge in [0.2, 0.25) is 5.52 Å². The van der Waals surface area contributed by atoms with E-state index in [4.69, 9.17) is 0 Å². The number of rotatable bonds is 6. The van der Waals surface area contributed by atoms with E-state index in [-0.39, 0.29) is 11.2 Å². The maximum absolute atomic E-state index is 10.9. The van der Waals surface area contributed by atoms with Crippen LogP contribution in [0, 0.1) is 27.9 Å². The number of nitrogens with one attached hydrogen (secondary N) is 1. The van der Waals surface area contributed by atoms with Gasteiger partial charge in [-0.2, -0.15) is 0 Å². The second kappa shape index (κ2) is 6.07. The van der Waals surface area contributed by atoms with Crippen molar-refractivity contribution >= 4 is 22.4 Å². The molecule has 114 valence electrons. The van der Waals surface area contributed by atoms with Gasteiger partial charge in [-0.05, 0) is 34.1 Å². The lowest BCUT2D eigenvalue weighted by Gasteiger charge is -2.25. The zero-order valence-electron chi connectivity index (χ0n) is 12.7. The molecule has 7 nitrogen and oxygen atoms in total. The molecule has 2 aromatic rings. The fourth-order valence-corrected chi connectivity index (χ4v) is 2.61. The van der Waals surface area contributed by atoms with Crippen LogP contribution in [0.3, 0.4) is 0 Å². The molecule has 1 heterocycles. The second-order valence-electron chi connectivity index (χ2n) is 5.88. The van der Waals surface area contributed by atoms with Crippen molar-refractivity contribution in [2.75, 3.05) is 11.9 Å². The molecule has 0 unspecified atom stereocenters. The van der Waals surface area contributed by atoms with Crippen molar-refractivity contribution in [1.29, 1.82) is 0 Å². The van der Waals surface area contributed by atoms with Gasteiger partial charge in [-0.1, -0.05) is 27.7 Å². The van der Waals surface area contributed by atoms with Crippen LogP contribution in [0.4, 0.5) is 11.4 Å². The van der Waals surface area contributed by atoms with Gasteiger partial charge >= 0.3 is 5.69 Å². The van der Waals surface area contributed by atoms with Gasteiger partial charge in [-0.15, -0.1) is 0 Å². The molecule has 0 aliphatic carbocycles. The summed E-state index contributed by atoms with van der Waals surface area (Å²) in [6.45, 7) is 9.53. The maximum Gasteiger partial charge on any atom is 0.300 e. The highest BCUT2D eigenvalue weighted by molar-refractivity contribution is 5.93. The average molecular weight is 292 g/mol. The minimum absolute atomic E-state index is 0.0962. The Morgan fingerprint density at radius 2 is 1.81 bits per heavy atom. The number of nitro groups is 1. The van der Waals surface area contributed by atoms with Crippen molar-refractivity contribution in [1.82, 2.24) is 10.3 Å². The lowest BCUT2D eigenvalue weighted by atomic mass is 9.85. The van der Waals surface area contributed by atoms with Gasteiger partial charge in [0.1, 0.15) is 0 Å². The number of aromatic nitrogens is 2. The third-order valence-electron chi connectivity index (χ3n) is 3.83. The molecular formula is C14H20N4O3. The molecule has 2 rings (SSSR count). The van der Waals surface area contributed by atoms with Gasteiger partial charge < -0.3 is 5.32 Å². The molecule has 7 heteroatoms. The summed E-state index contributed by atoms with van der Waals surface area (Å²) in [5.74, 6) is 1.58. The first-order valence-corrected chi connectivity index (χ1v) is 7.05. The topological polar surface area (TPSA) is 94.1 Å². The van der Waals surface area contributed by atoms with Crippen LogP contribution in [0.15, 0.2) is 16.8 Å². The number of anilines is 1. The Balaban J connectivity index is 2.26. The molecule has 0 spiro atoms. The van der Waals surface area contributed by atoms with Crippen molar-refractivity contribution in [3.8, 4) is 0 Å². The van der Waals surface area contributed by atoms with E-state index in [0.717, 1.165) is 6.54 Å². The molecule has 1 N–H and O–H groups in total. The van der Waals surface area contributed by atoms with Crippen LogP contribution in [-0.4, -0.2) is 21.8 Å². The Labute approximate surface area is 122 Å². The molecule has 0 aliphatic heterocycles. The molecular weight excluding hydrogens is 272 g/mol. The molecule has 0 fully saturated rings. The molecule has 0 radical (unpaired) electrons. The first-order chi connectivity index (χ1) is 9.91. The quantitative estimate of drug-likeness (QED) is 0.647. The molecule has 0 atom stereocenters. The van der Waals surface area contributed by atoms with Crippen LogP contribution in [0.5, 0.6) is 0 Å². The van der Waals surface area contributed by atoms with E-state index in [2.05, 4.69) is 48.0 Å². The number of hydrogen-bond acceptors (Lipinski definition) is 6. The van der Waals surface area contributed by atoms with Crippen molar-refractivity contribution in [2.24, 2.45) is 17.8 Å². The molecule has 1 aromatic carbocycles. The summed E-state index contributed by atoms with van der Waals surface area (Å²) >= 11 is 0. The summed E-state index contributed by atoms with van der Waals surface area (Å²) in [7, 11) is 0. The average Bonchev–Trinajstić information content (AvgIpc) is 2.86.